The van der Waals surface area contributed by atoms with Crippen molar-refractivity contribution in [2.45, 2.75) is 38.5 Å². The average molecular weight is 469 g/mol. The number of para-hydroxylation sites is 1. The largest absolute Gasteiger partial charge is 0.457 e. The van der Waals surface area contributed by atoms with Gasteiger partial charge in [0.15, 0.2) is 0 Å². The van der Waals surface area contributed by atoms with Crippen LogP contribution in [0.25, 0.3) is 10.9 Å². The summed E-state index contributed by atoms with van der Waals surface area (Å²) in [5, 5.41) is 3.96. The molecular formula is C30H29FN2O2. The van der Waals surface area contributed by atoms with Gasteiger partial charge in [0.1, 0.15) is 17.3 Å². The molecule has 0 radical (unpaired) electrons. The van der Waals surface area contributed by atoms with Crippen LogP contribution < -0.4 is 10.1 Å². The summed E-state index contributed by atoms with van der Waals surface area (Å²) in [6.07, 6.45) is 5.74. The molecule has 5 rings (SSSR count). The van der Waals surface area contributed by atoms with Gasteiger partial charge in [-0.3, -0.25) is 9.78 Å². The lowest BCUT2D eigenvalue weighted by molar-refractivity contribution is -0.121. The number of nitrogens with one attached hydrogen (secondary N) is 1. The van der Waals surface area contributed by atoms with Crippen molar-refractivity contribution in [1.29, 1.82) is 0 Å². The molecule has 1 amide bonds. The maximum atomic E-state index is 13.9. The lowest BCUT2D eigenvalue weighted by atomic mass is 9.73. The van der Waals surface area contributed by atoms with E-state index in [4.69, 9.17) is 4.74 Å². The highest BCUT2D eigenvalue weighted by Crippen LogP contribution is 2.41. The van der Waals surface area contributed by atoms with Crippen molar-refractivity contribution in [3.8, 4) is 11.5 Å². The molecule has 178 valence electrons. The molecule has 0 spiro atoms. The minimum Gasteiger partial charge on any atom is -0.457 e. The Morgan fingerprint density at radius 2 is 1.66 bits per heavy atom. The fourth-order valence-corrected chi connectivity index (χ4v) is 5.13. The summed E-state index contributed by atoms with van der Waals surface area (Å²) in [7, 11) is 0. The summed E-state index contributed by atoms with van der Waals surface area (Å²) in [6.45, 7) is 2.02. The van der Waals surface area contributed by atoms with Crippen LogP contribution in [0.3, 0.4) is 0 Å². The SMILES string of the molecule is C[C@@H](C(=O)Nc1ccc(Oc2ccccc2)cc1)C1CCC(c2ccnc3ccc(F)cc23)CC1. The van der Waals surface area contributed by atoms with Gasteiger partial charge in [0.2, 0.25) is 5.91 Å². The van der Waals surface area contributed by atoms with E-state index in [1.807, 2.05) is 73.8 Å². The maximum Gasteiger partial charge on any atom is 0.227 e. The van der Waals surface area contributed by atoms with E-state index in [0.29, 0.717) is 11.8 Å². The number of nitrogens with zero attached hydrogens (tertiary/aromatic N) is 1. The highest BCUT2D eigenvalue weighted by molar-refractivity contribution is 5.92. The minimum absolute atomic E-state index is 0.0432. The number of fused-ring (bicyclic) bond motifs is 1. The van der Waals surface area contributed by atoms with Crippen molar-refractivity contribution in [3.63, 3.8) is 0 Å². The summed E-state index contributed by atoms with van der Waals surface area (Å²) in [4.78, 5) is 17.3. The Labute approximate surface area is 205 Å². The van der Waals surface area contributed by atoms with Gasteiger partial charge in [-0.15, -0.1) is 0 Å². The zero-order chi connectivity index (χ0) is 24.2. The van der Waals surface area contributed by atoms with Crippen LogP contribution in [-0.2, 0) is 4.79 Å². The molecule has 0 aliphatic heterocycles. The number of benzene rings is 3. The number of amides is 1. The van der Waals surface area contributed by atoms with Gasteiger partial charge >= 0.3 is 0 Å². The van der Waals surface area contributed by atoms with Crippen LogP contribution in [0.1, 0.15) is 44.1 Å². The Balaban J connectivity index is 1.17. The number of carbonyl (C=O) groups excluding carboxylic acids is 1. The smallest absolute Gasteiger partial charge is 0.227 e. The second-order valence-corrected chi connectivity index (χ2v) is 9.39. The van der Waals surface area contributed by atoms with Crippen LogP contribution in [0, 0.1) is 17.7 Å². The van der Waals surface area contributed by atoms with Crippen molar-refractivity contribution >= 4 is 22.5 Å². The van der Waals surface area contributed by atoms with Crippen molar-refractivity contribution < 1.29 is 13.9 Å². The number of pyridine rings is 1. The molecule has 1 aliphatic rings. The first-order chi connectivity index (χ1) is 17.1. The van der Waals surface area contributed by atoms with Crippen LogP contribution >= 0.6 is 0 Å². The summed E-state index contributed by atoms with van der Waals surface area (Å²) in [5.74, 6) is 1.93. The molecule has 4 aromatic rings. The Morgan fingerprint density at radius 1 is 0.943 bits per heavy atom. The molecule has 1 heterocycles. The Bertz CT molecular complexity index is 1300. The summed E-state index contributed by atoms with van der Waals surface area (Å²) in [6, 6.07) is 23.9. The molecule has 0 bridgehead atoms. The number of anilines is 1. The third kappa shape index (κ3) is 5.35. The Hall–Kier alpha value is -3.73. The topological polar surface area (TPSA) is 51.2 Å². The normalized spacial score (nSPS) is 18.7. The van der Waals surface area contributed by atoms with E-state index < -0.39 is 0 Å². The van der Waals surface area contributed by atoms with Gasteiger partial charge in [-0.1, -0.05) is 25.1 Å². The van der Waals surface area contributed by atoms with E-state index >= 15 is 0 Å². The lowest BCUT2D eigenvalue weighted by Gasteiger charge is -2.32. The first kappa shape index (κ1) is 23.0. The molecular weight excluding hydrogens is 439 g/mol. The zero-order valence-corrected chi connectivity index (χ0v) is 19.8. The molecule has 1 aromatic heterocycles. The second kappa shape index (κ2) is 10.3. The predicted molar refractivity (Wildman–Crippen MR) is 137 cm³/mol. The van der Waals surface area contributed by atoms with Gasteiger partial charge in [-0.2, -0.15) is 0 Å². The molecule has 1 aliphatic carbocycles. The van der Waals surface area contributed by atoms with Gasteiger partial charge in [0, 0.05) is 23.2 Å². The highest BCUT2D eigenvalue weighted by Gasteiger charge is 2.30. The zero-order valence-electron chi connectivity index (χ0n) is 19.8. The van der Waals surface area contributed by atoms with Crippen molar-refractivity contribution in [3.05, 3.63) is 96.4 Å². The van der Waals surface area contributed by atoms with Crippen LogP contribution in [-0.4, -0.2) is 10.9 Å². The fourth-order valence-electron chi connectivity index (χ4n) is 5.13. The van der Waals surface area contributed by atoms with E-state index in [1.54, 1.807) is 12.1 Å². The van der Waals surface area contributed by atoms with Gasteiger partial charge in [-0.05, 0) is 104 Å². The van der Waals surface area contributed by atoms with Crippen LogP contribution in [0.4, 0.5) is 10.1 Å². The number of hydrogen-bond acceptors (Lipinski definition) is 3. The van der Waals surface area contributed by atoms with Crippen LogP contribution in [0.15, 0.2) is 85.1 Å². The molecule has 1 saturated carbocycles. The molecule has 1 fully saturated rings. The van der Waals surface area contributed by atoms with E-state index in [9.17, 15) is 9.18 Å². The second-order valence-electron chi connectivity index (χ2n) is 9.39. The standard InChI is InChI=1S/C30H29FN2O2/c1-20(30(34)33-24-12-14-26(15-13-24)35-25-5-3-2-4-6-25)21-7-9-22(10-8-21)27-17-18-32-29-16-11-23(31)19-28(27)29/h2-6,11-22H,7-10H2,1H3,(H,33,34)/t20-,21?,22?/m1/s1. The quantitative estimate of drug-likeness (QED) is 0.315. The minimum atomic E-state index is -0.231. The number of carbonyl (C=O) groups is 1. The van der Waals surface area contributed by atoms with E-state index in [1.165, 1.54) is 11.6 Å². The predicted octanol–water partition coefficient (Wildman–Crippen LogP) is 7.71. The molecule has 4 nitrogen and oxygen atoms in total. The lowest BCUT2D eigenvalue weighted by Crippen LogP contribution is -2.29. The Morgan fingerprint density at radius 3 is 2.40 bits per heavy atom. The summed E-state index contributed by atoms with van der Waals surface area (Å²) >= 11 is 0. The first-order valence-corrected chi connectivity index (χ1v) is 12.2. The Kier molecular flexibility index (Phi) is 6.75. The molecule has 3 aromatic carbocycles. The van der Waals surface area contributed by atoms with Crippen molar-refractivity contribution in [2.24, 2.45) is 11.8 Å². The van der Waals surface area contributed by atoms with Crippen molar-refractivity contribution in [2.75, 3.05) is 5.32 Å². The van der Waals surface area contributed by atoms with Gasteiger partial charge in [-0.25, -0.2) is 4.39 Å². The molecule has 35 heavy (non-hydrogen) atoms. The monoisotopic (exact) mass is 468 g/mol. The molecule has 0 saturated heterocycles. The summed E-state index contributed by atoms with van der Waals surface area (Å²) in [5.41, 5.74) is 2.77. The third-order valence-corrected chi connectivity index (χ3v) is 7.17. The van der Waals surface area contributed by atoms with Crippen LogP contribution in [0.5, 0.6) is 11.5 Å². The maximum absolute atomic E-state index is 13.9. The van der Waals surface area contributed by atoms with Crippen LogP contribution in [0.2, 0.25) is 0 Å². The molecule has 5 heteroatoms. The fraction of sp³-hybridized carbons (Fsp3) is 0.267. The molecule has 1 N–H and O–H groups in total. The number of hydrogen-bond donors (Lipinski definition) is 1. The summed E-state index contributed by atoms with van der Waals surface area (Å²) < 4.78 is 19.7. The molecule has 0 unspecified atom stereocenters. The van der Waals surface area contributed by atoms with E-state index in [-0.39, 0.29) is 17.6 Å². The van der Waals surface area contributed by atoms with Gasteiger partial charge in [0.05, 0.1) is 5.52 Å². The number of rotatable bonds is 6. The van der Waals surface area contributed by atoms with Gasteiger partial charge in [0.25, 0.3) is 0 Å². The highest BCUT2D eigenvalue weighted by atomic mass is 19.1. The van der Waals surface area contributed by atoms with E-state index in [0.717, 1.165) is 53.8 Å². The average Bonchev–Trinajstić information content (AvgIpc) is 2.90. The van der Waals surface area contributed by atoms with Crippen molar-refractivity contribution in [1.82, 2.24) is 4.98 Å². The molecule has 1 atom stereocenters. The number of halogens is 1. The van der Waals surface area contributed by atoms with E-state index in [2.05, 4.69) is 10.3 Å². The number of aromatic nitrogens is 1. The third-order valence-electron chi connectivity index (χ3n) is 7.17. The van der Waals surface area contributed by atoms with Gasteiger partial charge < -0.3 is 10.1 Å². The first-order valence-electron chi connectivity index (χ1n) is 12.2. The number of ether oxygens (including phenoxy) is 1.